The minimum Gasteiger partial charge on any atom is -0.493 e. The zero-order chi connectivity index (χ0) is 15.4. The molecule has 1 aromatic heterocycles. The molecule has 0 aliphatic carbocycles. The van der Waals surface area contributed by atoms with Gasteiger partial charge in [0, 0.05) is 29.8 Å². The van der Waals surface area contributed by atoms with Crippen LogP contribution < -0.4 is 15.8 Å². The van der Waals surface area contributed by atoms with Crippen LogP contribution in [0.3, 0.4) is 0 Å². The fourth-order valence-electron chi connectivity index (χ4n) is 2.56. The van der Waals surface area contributed by atoms with Gasteiger partial charge in [-0.2, -0.15) is 0 Å². The van der Waals surface area contributed by atoms with Crippen LogP contribution in [-0.4, -0.2) is 24.1 Å². The predicted octanol–water partition coefficient (Wildman–Crippen LogP) is 2.42. The average molecular weight is 316 g/mol. The lowest BCUT2D eigenvalue weighted by atomic mass is 10.0. The third-order valence-electron chi connectivity index (χ3n) is 3.75. The number of aliphatic imine (C=N–C) groups is 1. The third kappa shape index (κ3) is 3.39. The lowest BCUT2D eigenvalue weighted by Gasteiger charge is -2.26. The number of hydrogen-bond acceptors (Lipinski definition) is 4. The number of aryl methyl sites for hydroxylation is 1. The number of benzene rings is 1. The summed E-state index contributed by atoms with van der Waals surface area (Å²) in [6.07, 6.45) is 1.77. The summed E-state index contributed by atoms with van der Waals surface area (Å²) in [4.78, 5) is 9.94. The van der Waals surface area contributed by atoms with Crippen molar-refractivity contribution in [2.75, 3.05) is 13.2 Å². The lowest BCUT2D eigenvalue weighted by molar-refractivity contribution is 0.262. The van der Waals surface area contributed by atoms with Crippen molar-refractivity contribution < 1.29 is 4.74 Å². The molecule has 5 nitrogen and oxygen atoms in total. The highest BCUT2D eigenvalue weighted by Gasteiger charge is 2.21. The quantitative estimate of drug-likeness (QED) is 0.671. The highest BCUT2D eigenvalue weighted by atomic mass is 32.1. The minimum absolute atomic E-state index is 0.166. The van der Waals surface area contributed by atoms with Crippen LogP contribution in [0, 0.1) is 6.92 Å². The second kappa shape index (κ2) is 6.79. The summed E-state index contributed by atoms with van der Waals surface area (Å²) in [6.45, 7) is 3.39. The molecule has 2 heterocycles. The van der Waals surface area contributed by atoms with E-state index >= 15 is 0 Å². The highest BCUT2D eigenvalue weighted by Crippen LogP contribution is 2.31. The molecule has 116 valence electrons. The van der Waals surface area contributed by atoms with Gasteiger partial charge in [0.2, 0.25) is 0 Å². The number of nitrogens with one attached hydrogen (secondary N) is 1. The molecule has 3 rings (SSSR count). The van der Waals surface area contributed by atoms with Crippen LogP contribution in [0.1, 0.15) is 28.6 Å². The molecule has 0 spiro atoms. The molecule has 1 unspecified atom stereocenters. The number of rotatable bonds is 4. The molecule has 1 atom stereocenters. The first kappa shape index (κ1) is 14.8. The van der Waals surface area contributed by atoms with Gasteiger partial charge in [-0.3, -0.25) is 4.99 Å². The number of nitrogens with two attached hydrogens (primary N) is 1. The van der Waals surface area contributed by atoms with Crippen molar-refractivity contribution in [2.45, 2.75) is 25.8 Å². The van der Waals surface area contributed by atoms with E-state index in [1.807, 2.05) is 30.6 Å². The summed E-state index contributed by atoms with van der Waals surface area (Å²) in [6, 6.07) is 8.22. The van der Waals surface area contributed by atoms with E-state index in [-0.39, 0.29) is 6.04 Å². The van der Waals surface area contributed by atoms with Crippen LogP contribution in [0.2, 0.25) is 0 Å². The summed E-state index contributed by atoms with van der Waals surface area (Å²) < 4.78 is 5.65. The van der Waals surface area contributed by atoms with Gasteiger partial charge in [0.05, 0.1) is 23.9 Å². The van der Waals surface area contributed by atoms with E-state index in [2.05, 4.69) is 21.4 Å². The molecular formula is C16H20N4OS. The minimum atomic E-state index is 0.166. The summed E-state index contributed by atoms with van der Waals surface area (Å²) in [5.41, 5.74) is 10.1. The molecule has 0 fully saturated rings. The number of thiazole rings is 1. The molecule has 0 saturated carbocycles. The van der Waals surface area contributed by atoms with E-state index in [0.717, 1.165) is 29.8 Å². The molecule has 2 aromatic rings. The molecular weight excluding hydrogens is 296 g/mol. The maximum Gasteiger partial charge on any atom is 0.189 e. The summed E-state index contributed by atoms with van der Waals surface area (Å²) >= 11 is 1.67. The number of hydrogen-bond donors (Lipinski definition) is 2. The van der Waals surface area contributed by atoms with Gasteiger partial charge in [-0.1, -0.05) is 18.2 Å². The van der Waals surface area contributed by atoms with E-state index in [0.29, 0.717) is 19.1 Å². The Labute approximate surface area is 134 Å². The van der Waals surface area contributed by atoms with Crippen LogP contribution in [0.5, 0.6) is 5.75 Å². The van der Waals surface area contributed by atoms with Gasteiger partial charge >= 0.3 is 0 Å². The number of para-hydroxylation sites is 1. The van der Waals surface area contributed by atoms with Gasteiger partial charge in [0.25, 0.3) is 0 Å². The summed E-state index contributed by atoms with van der Waals surface area (Å²) in [5, 5.41) is 3.31. The van der Waals surface area contributed by atoms with E-state index in [1.54, 1.807) is 11.3 Å². The first-order valence-electron chi connectivity index (χ1n) is 7.41. The van der Waals surface area contributed by atoms with E-state index in [4.69, 9.17) is 10.5 Å². The van der Waals surface area contributed by atoms with Crippen molar-refractivity contribution in [3.05, 3.63) is 45.9 Å². The zero-order valence-corrected chi connectivity index (χ0v) is 13.4. The van der Waals surface area contributed by atoms with Crippen LogP contribution in [0.25, 0.3) is 0 Å². The largest absolute Gasteiger partial charge is 0.493 e. The molecule has 0 radical (unpaired) electrons. The van der Waals surface area contributed by atoms with Crippen LogP contribution in [0.15, 0.2) is 34.8 Å². The van der Waals surface area contributed by atoms with Crippen LogP contribution in [0.4, 0.5) is 0 Å². The van der Waals surface area contributed by atoms with Crippen molar-refractivity contribution in [3.8, 4) is 5.75 Å². The van der Waals surface area contributed by atoms with E-state index in [1.165, 1.54) is 4.88 Å². The summed E-state index contributed by atoms with van der Waals surface area (Å²) in [7, 11) is 0. The molecule has 1 aliphatic heterocycles. The Morgan fingerprint density at radius 2 is 2.36 bits per heavy atom. The molecule has 22 heavy (non-hydrogen) atoms. The second-order valence-corrected chi connectivity index (χ2v) is 6.19. The van der Waals surface area contributed by atoms with E-state index < -0.39 is 0 Å². The zero-order valence-electron chi connectivity index (χ0n) is 12.6. The normalized spacial score (nSPS) is 17.7. The van der Waals surface area contributed by atoms with Crippen LogP contribution >= 0.6 is 11.3 Å². The lowest BCUT2D eigenvalue weighted by Crippen LogP contribution is -2.37. The first-order chi connectivity index (χ1) is 10.7. The van der Waals surface area contributed by atoms with Gasteiger partial charge < -0.3 is 15.8 Å². The standard InChI is InChI=1S/C16H20N4OS/c1-11-15(22-10-19-11)6-8-18-16(17)20-13-7-9-21-14-5-3-2-4-12(13)14/h2-5,10,13H,6-9H2,1H3,(H3,17,18,20). The van der Waals surface area contributed by atoms with Gasteiger partial charge in [-0.15, -0.1) is 11.3 Å². The van der Waals surface area contributed by atoms with Gasteiger partial charge in [-0.05, 0) is 13.0 Å². The molecule has 3 N–H and O–H groups in total. The number of ether oxygens (including phenoxy) is 1. The Morgan fingerprint density at radius 1 is 1.50 bits per heavy atom. The van der Waals surface area contributed by atoms with Crippen LogP contribution in [-0.2, 0) is 6.42 Å². The number of nitrogens with zero attached hydrogens (tertiary/aromatic N) is 2. The Morgan fingerprint density at radius 3 is 3.18 bits per heavy atom. The SMILES string of the molecule is Cc1ncsc1CCN=C(N)NC1CCOc2ccccc21. The summed E-state index contributed by atoms with van der Waals surface area (Å²) in [5.74, 6) is 1.42. The predicted molar refractivity (Wildman–Crippen MR) is 89.5 cm³/mol. The van der Waals surface area contributed by atoms with E-state index in [9.17, 15) is 0 Å². The Hall–Kier alpha value is -2.08. The Kier molecular flexibility index (Phi) is 4.58. The van der Waals surface area contributed by atoms with Crippen molar-refractivity contribution in [2.24, 2.45) is 10.7 Å². The molecule has 6 heteroatoms. The Bertz CT molecular complexity index is 668. The highest BCUT2D eigenvalue weighted by molar-refractivity contribution is 7.09. The number of guanidine groups is 1. The van der Waals surface area contributed by atoms with Gasteiger partial charge in [-0.25, -0.2) is 4.98 Å². The molecule has 1 aromatic carbocycles. The van der Waals surface area contributed by atoms with Crippen molar-refractivity contribution in [3.63, 3.8) is 0 Å². The monoisotopic (exact) mass is 316 g/mol. The maximum atomic E-state index is 6.03. The molecule has 0 bridgehead atoms. The topological polar surface area (TPSA) is 72.5 Å². The molecule has 0 saturated heterocycles. The molecule has 0 amide bonds. The van der Waals surface area contributed by atoms with Crippen molar-refractivity contribution in [1.29, 1.82) is 0 Å². The fourth-order valence-corrected chi connectivity index (χ4v) is 3.33. The Balaban J connectivity index is 1.59. The number of fused-ring (bicyclic) bond motifs is 1. The molecule has 1 aliphatic rings. The first-order valence-corrected chi connectivity index (χ1v) is 8.29. The average Bonchev–Trinajstić information content (AvgIpc) is 2.93. The third-order valence-corrected chi connectivity index (χ3v) is 4.74. The maximum absolute atomic E-state index is 6.03. The number of aromatic nitrogens is 1. The smallest absolute Gasteiger partial charge is 0.189 e. The van der Waals surface area contributed by atoms with Gasteiger partial charge in [0.15, 0.2) is 5.96 Å². The second-order valence-electron chi connectivity index (χ2n) is 5.25. The fraction of sp³-hybridized carbons (Fsp3) is 0.375. The van der Waals surface area contributed by atoms with Crippen molar-refractivity contribution in [1.82, 2.24) is 10.3 Å². The van der Waals surface area contributed by atoms with Crippen molar-refractivity contribution >= 4 is 17.3 Å². The van der Waals surface area contributed by atoms with Gasteiger partial charge in [0.1, 0.15) is 5.75 Å².